The molecule has 0 radical (unpaired) electrons. The van der Waals surface area contributed by atoms with Gasteiger partial charge in [0.1, 0.15) is 5.78 Å². The lowest BCUT2D eigenvalue weighted by Crippen LogP contribution is -2.06. The van der Waals surface area contributed by atoms with Crippen molar-refractivity contribution in [3.63, 3.8) is 0 Å². The minimum absolute atomic E-state index is 0.227. The first-order valence-corrected chi connectivity index (χ1v) is 5.92. The average molecular weight is 278 g/mol. The van der Waals surface area contributed by atoms with Crippen LogP contribution in [0.4, 0.5) is 0 Å². The Labute approximate surface area is 103 Å². The van der Waals surface area contributed by atoms with Gasteiger partial charge in [0.05, 0.1) is 0 Å². The van der Waals surface area contributed by atoms with Gasteiger partial charge in [0, 0.05) is 29.2 Å². The molecule has 2 rings (SSSR count). The highest BCUT2D eigenvalue weighted by molar-refractivity contribution is 9.10. The molecular weight excluding hydrogens is 266 g/mol. The third kappa shape index (κ3) is 3.07. The molecular formula is C13H12BrNO. The van der Waals surface area contributed by atoms with Crippen molar-refractivity contribution in [2.24, 2.45) is 0 Å². The average Bonchev–Trinajstić information content (AvgIpc) is 2.74. The van der Waals surface area contributed by atoms with E-state index < -0.39 is 0 Å². The molecule has 0 aliphatic carbocycles. The quantitative estimate of drug-likeness (QED) is 0.915. The van der Waals surface area contributed by atoms with Gasteiger partial charge in [0.15, 0.2) is 0 Å². The fourth-order valence-electron chi connectivity index (χ4n) is 1.58. The third-order valence-corrected chi connectivity index (χ3v) is 2.89. The molecule has 0 aliphatic rings. The standard InChI is InChI=1S/C13H12BrNO/c14-11-5-3-10(4-6-11)8-13(16)9-12-2-1-7-15-12/h1-7,15H,8-9H2. The van der Waals surface area contributed by atoms with Crippen molar-refractivity contribution < 1.29 is 4.79 Å². The summed E-state index contributed by atoms with van der Waals surface area (Å²) in [6.45, 7) is 0. The van der Waals surface area contributed by atoms with Gasteiger partial charge in [-0.2, -0.15) is 0 Å². The highest BCUT2D eigenvalue weighted by Gasteiger charge is 2.05. The van der Waals surface area contributed by atoms with Gasteiger partial charge < -0.3 is 4.98 Å². The van der Waals surface area contributed by atoms with Crippen molar-refractivity contribution in [2.45, 2.75) is 12.8 Å². The topological polar surface area (TPSA) is 32.9 Å². The van der Waals surface area contributed by atoms with Gasteiger partial charge in [-0.1, -0.05) is 28.1 Å². The van der Waals surface area contributed by atoms with Crippen molar-refractivity contribution >= 4 is 21.7 Å². The van der Waals surface area contributed by atoms with Crippen LogP contribution in [0.15, 0.2) is 47.1 Å². The van der Waals surface area contributed by atoms with Crippen LogP contribution in [0.25, 0.3) is 0 Å². The Kier molecular flexibility index (Phi) is 3.57. The SMILES string of the molecule is O=C(Cc1ccc(Br)cc1)Cc1ccc[nH]1. The number of H-pyrrole nitrogens is 1. The second-order valence-corrected chi connectivity index (χ2v) is 4.63. The van der Waals surface area contributed by atoms with Gasteiger partial charge >= 0.3 is 0 Å². The molecule has 16 heavy (non-hydrogen) atoms. The number of ketones is 1. The number of hydrogen-bond donors (Lipinski definition) is 1. The van der Waals surface area contributed by atoms with Crippen LogP contribution in [0.3, 0.4) is 0 Å². The molecule has 0 bridgehead atoms. The molecule has 0 amide bonds. The van der Waals surface area contributed by atoms with Crippen LogP contribution < -0.4 is 0 Å². The Bertz CT molecular complexity index is 459. The number of Topliss-reactive ketones (excluding diaryl/α,β-unsaturated/α-hetero) is 1. The molecule has 0 spiro atoms. The van der Waals surface area contributed by atoms with Crippen LogP contribution in [-0.4, -0.2) is 10.8 Å². The van der Waals surface area contributed by atoms with Gasteiger partial charge in [-0.25, -0.2) is 0 Å². The van der Waals surface area contributed by atoms with Crippen molar-refractivity contribution in [2.75, 3.05) is 0 Å². The first-order chi connectivity index (χ1) is 7.74. The van der Waals surface area contributed by atoms with E-state index in [9.17, 15) is 4.79 Å². The number of hydrogen-bond acceptors (Lipinski definition) is 1. The van der Waals surface area contributed by atoms with Gasteiger partial charge in [0.25, 0.3) is 0 Å². The highest BCUT2D eigenvalue weighted by atomic mass is 79.9. The molecule has 0 fully saturated rings. The van der Waals surface area contributed by atoms with Crippen LogP contribution in [0.5, 0.6) is 0 Å². The molecule has 3 heteroatoms. The van der Waals surface area contributed by atoms with E-state index in [1.807, 2.05) is 42.6 Å². The van der Waals surface area contributed by atoms with Crippen molar-refractivity contribution in [1.29, 1.82) is 0 Å². The summed E-state index contributed by atoms with van der Waals surface area (Å²) in [7, 11) is 0. The van der Waals surface area contributed by atoms with Crippen LogP contribution in [0.2, 0.25) is 0 Å². The summed E-state index contributed by atoms with van der Waals surface area (Å²) in [4.78, 5) is 14.8. The number of rotatable bonds is 4. The van der Waals surface area contributed by atoms with Gasteiger partial charge in [-0.05, 0) is 29.8 Å². The van der Waals surface area contributed by atoms with E-state index in [1.54, 1.807) is 0 Å². The Balaban J connectivity index is 1.95. The van der Waals surface area contributed by atoms with Gasteiger partial charge in [-0.3, -0.25) is 4.79 Å². The van der Waals surface area contributed by atoms with E-state index in [2.05, 4.69) is 20.9 Å². The zero-order chi connectivity index (χ0) is 11.4. The maximum atomic E-state index is 11.7. The van der Waals surface area contributed by atoms with E-state index >= 15 is 0 Å². The number of nitrogens with one attached hydrogen (secondary N) is 1. The molecule has 1 aromatic heterocycles. The minimum Gasteiger partial charge on any atom is -0.365 e. The smallest absolute Gasteiger partial charge is 0.143 e. The summed E-state index contributed by atoms with van der Waals surface area (Å²) in [5, 5.41) is 0. The molecule has 82 valence electrons. The van der Waals surface area contributed by atoms with E-state index in [0.717, 1.165) is 15.7 Å². The van der Waals surface area contributed by atoms with Crippen LogP contribution >= 0.6 is 15.9 Å². The lowest BCUT2D eigenvalue weighted by atomic mass is 10.1. The Hall–Kier alpha value is -1.35. The van der Waals surface area contributed by atoms with E-state index in [4.69, 9.17) is 0 Å². The van der Waals surface area contributed by atoms with Crippen LogP contribution in [0.1, 0.15) is 11.3 Å². The predicted molar refractivity (Wildman–Crippen MR) is 67.3 cm³/mol. The third-order valence-electron chi connectivity index (χ3n) is 2.36. The van der Waals surface area contributed by atoms with Crippen molar-refractivity contribution in [3.05, 3.63) is 58.3 Å². The summed E-state index contributed by atoms with van der Waals surface area (Å²) < 4.78 is 1.04. The maximum Gasteiger partial charge on any atom is 0.143 e. The van der Waals surface area contributed by atoms with E-state index in [1.165, 1.54) is 0 Å². The molecule has 0 aliphatic heterocycles. The van der Waals surface area contributed by atoms with Crippen molar-refractivity contribution in [1.82, 2.24) is 4.98 Å². The summed E-state index contributed by atoms with van der Waals surface area (Å²) in [6.07, 6.45) is 2.80. The van der Waals surface area contributed by atoms with Gasteiger partial charge in [0.2, 0.25) is 0 Å². The second kappa shape index (κ2) is 5.12. The molecule has 2 nitrogen and oxygen atoms in total. The molecule has 0 unspecified atom stereocenters. The van der Waals surface area contributed by atoms with Crippen molar-refractivity contribution in [3.8, 4) is 0 Å². The highest BCUT2D eigenvalue weighted by Crippen LogP contribution is 2.11. The number of benzene rings is 1. The van der Waals surface area contributed by atoms with Crippen LogP contribution in [0, 0.1) is 0 Å². The zero-order valence-electron chi connectivity index (χ0n) is 8.74. The predicted octanol–water partition coefficient (Wildman–Crippen LogP) is 3.13. The number of carbonyl (C=O) groups excluding carboxylic acids is 1. The maximum absolute atomic E-state index is 11.7. The molecule has 0 saturated carbocycles. The Morgan fingerprint density at radius 1 is 1.12 bits per heavy atom. The Morgan fingerprint density at radius 3 is 2.50 bits per heavy atom. The molecule has 1 aromatic carbocycles. The Morgan fingerprint density at radius 2 is 1.88 bits per heavy atom. The normalized spacial score (nSPS) is 10.3. The monoisotopic (exact) mass is 277 g/mol. The molecule has 1 N–H and O–H groups in total. The second-order valence-electron chi connectivity index (χ2n) is 3.71. The van der Waals surface area contributed by atoms with Crippen LogP contribution in [-0.2, 0) is 17.6 Å². The fraction of sp³-hybridized carbons (Fsp3) is 0.154. The number of aromatic nitrogens is 1. The fourth-order valence-corrected chi connectivity index (χ4v) is 1.85. The summed E-state index contributed by atoms with van der Waals surface area (Å²) in [5.41, 5.74) is 2.03. The number of halogens is 1. The summed E-state index contributed by atoms with van der Waals surface area (Å²) in [6, 6.07) is 11.7. The van der Waals surface area contributed by atoms with Gasteiger partial charge in [-0.15, -0.1) is 0 Å². The first kappa shape index (κ1) is 11.1. The summed E-state index contributed by atoms with van der Waals surface area (Å²) in [5.74, 6) is 0.227. The first-order valence-electron chi connectivity index (χ1n) is 5.12. The molecule has 2 aromatic rings. The number of aromatic amines is 1. The number of carbonyl (C=O) groups is 1. The van der Waals surface area contributed by atoms with E-state index in [-0.39, 0.29) is 5.78 Å². The summed E-state index contributed by atoms with van der Waals surface area (Å²) >= 11 is 3.37. The van der Waals surface area contributed by atoms with E-state index in [0.29, 0.717) is 12.8 Å². The molecule has 1 heterocycles. The molecule has 0 saturated heterocycles. The zero-order valence-corrected chi connectivity index (χ0v) is 10.3. The lowest BCUT2D eigenvalue weighted by Gasteiger charge is -2.00. The lowest BCUT2D eigenvalue weighted by molar-refractivity contribution is -0.117. The largest absolute Gasteiger partial charge is 0.365 e. The molecule has 0 atom stereocenters. The minimum atomic E-state index is 0.227.